The fourth-order valence-corrected chi connectivity index (χ4v) is 8.44. The number of ether oxygens (including phenoxy) is 2. The van der Waals surface area contributed by atoms with Crippen LogP contribution in [0.3, 0.4) is 0 Å². The SMILES string of the molecule is COC(=O)C12CCC(C(=O)CN(c3cc(-c4cc(OC5CC5)cc(N(C)C)c4)ccc3F)S(=O)(=O)c3cccc(C(F)(F)F)c3)(CC1)C2. The summed E-state index contributed by atoms with van der Waals surface area (Å²) in [6, 6.07) is 12.4. The molecule has 0 saturated heterocycles. The molecule has 3 aromatic rings. The first-order valence-corrected chi connectivity index (χ1v) is 17.1. The van der Waals surface area contributed by atoms with Crippen molar-refractivity contribution < 1.29 is 45.0 Å². The van der Waals surface area contributed by atoms with Crippen LogP contribution >= 0.6 is 0 Å². The number of carbonyl (C=O) groups is 2. The molecular weight excluding hydrogens is 652 g/mol. The third-order valence-corrected chi connectivity index (χ3v) is 11.6. The number of fused-ring (bicyclic) bond motifs is 2. The third kappa shape index (κ3) is 6.24. The van der Waals surface area contributed by atoms with E-state index < -0.39 is 67.3 Å². The second kappa shape index (κ2) is 12.1. The van der Waals surface area contributed by atoms with Gasteiger partial charge in [0, 0.05) is 31.3 Å². The molecule has 3 saturated carbocycles. The molecule has 6 rings (SSSR count). The van der Waals surface area contributed by atoms with Gasteiger partial charge in [0.1, 0.15) is 11.6 Å². The maximum absolute atomic E-state index is 15.9. The lowest BCUT2D eigenvalue weighted by Gasteiger charge is -2.30. The number of hydrogen-bond donors (Lipinski definition) is 0. The monoisotopic (exact) mass is 688 g/mol. The minimum absolute atomic E-state index is 0.0848. The van der Waals surface area contributed by atoms with E-state index in [9.17, 15) is 31.2 Å². The Hall–Kier alpha value is -4.13. The van der Waals surface area contributed by atoms with Gasteiger partial charge in [-0.05, 0) is 98.5 Å². The van der Waals surface area contributed by atoms with Crippen molar-refractivity contribution in [2.45, 2.75) is 62.1 Å². The van der Waals surface area contributed by atoms with Gasteiger partial charge in [-0.2, -0.15) is 13.2 Å². The van der Waals surface area contributed by atoms with Crippen LogP contribution in [-0.4, -0.2) is 54.0 Å². The van der Waals surface area contributed by atoms with Crippen molar-refractivity contribution in [2.75, 3.05) is 37.0 Å². The maximum Gasteiger partial charge on any atom is 0.416 e. The van der Waals surface area contributed by atoms with Crippen molar-refractivity contribution in [3.8, 4) is 16.9 Å². The smallest absolute Gasteiger partial charge is 0.416 e. The summed E-state index contributed by atoms with van der Waals surface area (Å²) in [7, 11) is 0.0169. The number of esters is 1. The third-order valence-electron chi connectivity index (χ3n) is 9.87. The Morgan fingerprint density at radius 1 is 0.917 bits per heavy atom. The highest BCUT2D eigenvalue weighted by Crippen LogP contribution is 2.62. The van der Waals surface area contributed by atoms with E-state index in [1.165, 1.54) is 19.2 Å². The second-order valence-electron chi connectivity index (χ2n) is 13.3. The number of carbonyl (C=O) groups excluding carboxylic acids is 2. The predicted octanol–water partition coefficient (Wildman–Crippen LogP) is 7.01. The summed E-state index contributed by atoms with van der Waals surface area (Å²) in [6.45, 7) is -0.843. The zero-order valence-electron chi connectivity index (χ0n) is 26.8. The van der Waals surface area contributed by atoms with Crippen LogP contribution in [0.4, 0.5) is 28.9 Å². The average molecular weight is 689 g/mol. The zero-order chi connectivity index (χ0) is 34.6. The van der Waals surface area contributed by atoms with Gasteiger partial charge >= 0.3 is 12.1 Å². The molecule has 0 heterocycles. The molecule has 3 aliphatic rings. The molecule has 8 nitrogen and oxygen atoms in total. The lowest BCUT2D eigenvalue weighted by Crippen LogP contribution is -2.42. The highest BCUT2D eigenvalue weighted by molar-refractivity contribution is 7.92. The van der Waals surface area contributed by atoms with Crippen molar-refractivity contribution in [1.82, 2.24) is 0 Å². The van der Waals surface area contributed by atoms with Crippen molar-refractivity contribution in [3.05, 3.63) is 72.0 Å². The molecule has 2 bridgehead atoms. The maximum atomic E-state index is 15.9. The molecule has 256 valence electrons. The molecule has 3 aromatic carbocycles. The van der Waals surface area contributed by atoms with Gasteiger partial charge in [-0.1, -0.05) is 12.1 Å². The molecule has 0 N–H and O–H groups in total. The standard InChI is InChI=1S/C35H36F4N2O6S/c1-40(2)25-15-23(16-27(19-25)47-26-8-9-26)22-7-10-29(36)30(17-22)41(48(44,45)28-6-4-5-24(18-28)35(37,38)39)20-31(42)33-11-13-34(21-33,14-12-33)32(43)46-3/h4-7,10,15-19,26H,8-9,11-14,20-21H2,1-3H3. The lowest BCUT2D eigenvalue weighted by atomic mass is 9.79. The van der Waals surface area contributed by atoms with Gasteiger partial charge in [-0.25, -0.2) is 12.8 Å². The number of alkyl halides is 3. The van der Waals surface area contributed by atoms with Crippen LogP contribution in [0.25, 0.3) is 11.1 Å². The van der Waals surface area contributed by atoms with Crippen LogP contribution in [0.2, 0.25) is 0 Å². The second-order valence-corrected chi connectivity index (χ2v) is 15.1. The summed E-state index contributed by atoms with van der Waals surface area (Å²) in [4.78, 5) is 27.9. The molecule has 13 heteroatoms. The number of anilines is 2. The highest BCUT2D eigenvalue weighted by Gasteiger charge is 2.61. The Morgan fingerprint density at radius 2 is 1.60 bits per heavy atom. The molecule has 0 amide bonds. The van der Waals surface area contributed by atoms with Gasteiger partial charge in [-0.15, -0.1) is 0 Å². The number of hydrogen-bond acceptors (Lipinski definition) is 7. The number of methoxy groups -OCH3 is 1. The van der Waals surface area contributed by atoms with Crippen molar-refractivity contribution in [1.29, 1.82) is 0 Å². The van der Waals surface area contributed by atoms with Crippen molar-refractivity contribution in [3.63, 3.8) is 0 Å². The number of Topliss-reactive ketones (excluding diaryl/α,β-unsaturated/α-hetero) is 1. The van der Waals surface area contributed by atoms with E-state index in [2.05, 4.69) is 0 Å². The molecule has 0 spiro atoms. The first-order chi connectivity index (χ1) is 22.6. The number of benzene rings is 3. The van der Waals surface area contributed by atoms with E-state index >= 15 is 4.39 Å². The largest absolute Gasteiger partial charge is 0.490 e. The summed E-state index contributed by atoms with van der Waals surface area (Å²) < 4.78 is 96.9. The van der Waals surface area contributed by atoms with Gasteiger partial charge in [0.15, 0.2) is 5.78 Å². The molecule has 0 aliphatic heterocycles. The first kappa shape index (κ1) is 33.8. The fourth-order valence-electron chi connectivity index (χ4n) is 6.97. The summed E-state index contributed by atoms with van der Waals surface area (Å²) in [5, 5.41) is 0. The van der Waals surface area contributed by atoms with Gasteiger partial charge in [0.05, 0.1) is 41.3 Å². The summed E-state index contributed by atoms with van der Waals surface area (Å²) >= 11 is 0. The van der Waals surface area contributed by atoms with Gasteiger partial charge in [-0.3, -0.25) is 13.9 Å². The Bertz CT molecular complexity index is 1860. The van der Waals surface area contributed by atoms with Crippen LogP contribution in [0, 0.1) is 16.6 Å². The number of ketones is 1. The number of nitrogens with zero attached hydrogens (tertiary/aromatic N) is 2. The number of halogens is 4. The van der Waals surface area contributed by atoms with Crippen molar-refractivity contribution in [2.24, 2.45) is 10.8 Å². The van der Waals surface area contributed by atoms with E-state index in [-0.39, 0.29) is 12.5 Å². The fraction of sp³-hybridized carbons (Fsp3) is 0.429. The molecule has 0 unspecified atom stereocenters. The minimum Gasteiger partial charge on any atom is -0.490 e. The Kier molecular flexibility index (Phi) is 8.50. The summed E-state index contributed by atoms with van der Waals surface area (Å²) in [5.41, 5.74) is -1.87. The molecule has 3 aliphatic carbocycles. The van der Waals surface area contributed by atoms with Crippen LogP contribution in [-0.2, 0) is 30.5 Å². The Labute approximate surface area is 276 Å². The molecule has 0 atom stereocenters. The summed E-state index contributed by atoms with van der Waals surface area (Å²) in [6.07, 6.45) is -1.40. The average Bonchev–Trinajstić information content (AvgIpc) is 3.66. The molecular formula is C35H36F4N2O6S. The van der Waals surface area contributed by atoms with Crippen LogP contribution < -0.4 is 13.9 Å². The quantitative estimate of drug-likeness (QED) is 0.158. The van der Waals surface area contributed by atoms with Gasteiger partial charge in [0.25, 0.3) is 10.0 Å². The van der Waals surface area contributed by atoms with Crippen LogP contribution in [0.15, 0.2) is 65.6 Å². The van der Waals surface area contributed by atoms with E-state index in [0.29, 0.717) is 52.9 Å². The first-order valence-electron chi connectivity index (χ1n) is 15.7. The Morgan fingerprint density at radius 3 is 2.23 bits per heavy atom. The van der Waals surface area contributed by atoms with E-state index in [4.69, 9.17) is 9.47 Å². The number of rotatable bonds is 11. The highest BCUT2D eigenvalue weighted by atomic mass is 32.2. The minimum atomic E-state index is -4.93. The van der Waals surface area contributed by atoms with E-state index in [1.807, 2.05) is 31.1 Å². The zero-order valence-corrected chi connectivity index (χ0v) is 27.6. The van der Waals surface area contributed by atoms with Crippen LogP contribution in [0.1, 0.15) is 50.5 Å². The molecule has 48 heavy (non-hydrogen) atoms. The normalized spacial score (nSPS) is 22.0. The van der Waals surface area contributed by atoms with Crippen molar-refractivity contribution >= 4 is 33.2 Å². The van der Waals surface area contributed by atoms with Gasteiger partial charge < -0.3 is 14.4 Å². The van der Waals surface area contributed by atoms with Crippen LogP contribution in [0.5, 0.6) is 5.75 Å². The van der Waals surface area contributed by atoms with E-state index in [1.54, 1.807) is 6.07 Å². The molecule has 0 radical (unpaired) electrons. The molecule has 3 fully saturated rings. The van der Waals surface area contributed by atoms with E-state index in [0.717, 1.165) is 42.8 Å². The van der Waals surface area contributed by atoms with Gasteiger partial charge in [0.2, 0.25) is 0 Å². The number of sulfonamides is 1. The predicted molar refractivity (Wildman–Crippen MR) is 171 cm³/mol. The molecule has 0 aromatic heterocycles. The lowest BCUT2D eigenvalue weighted by molar-refractivity contribution is -0.152. The Balaban J connectivity index is 1.44. The topological polar surface area (TPSA) is 93.2 Å². The summed E-state index contributed by atoms with van der Waals surface area (Å²) in [5.74, 6) is -1.39.